The van der Waals surface area contributed by atoms with Gasteiger partial charge in [-0.15, -0.1) is 0 Å². The van der Waals surface area contributed by atoms with Gasteiger partial charge >= 0.3 is 7.12 Å². The number of unbranched alkanes of at least 4 members (excludes halogenated alkanes) is 2. The third-order valence-electron chi connectivity index (χ3n) is 2.65. The van der Waals surface area contributed by atoms with Crippen LogP contribution in [-0.2, 0) is 9.31 Å². The minimum absolute atomic E-state index is 0.0897. The van der Waals surface area contributed by atoms with Crippen molar-refractivity contribution in [3.8, 4) is 0 Å². The van der Waals surface area contributed by atoms with E-state index in [1.54, 1.807) is 0 Å². The zero-order valence-electron chi connectivity index (χ0n) is 10.5. The van der Waals surface area contributed by atoms with Gasteiger partial charge in [-0.2, -0.15) is 0 Å². The molecule has 0 atom stereocenters. The molecule has 3 heteroatoms. The van der Waals surface area contributed by atoms with Gasteiger partial charge in [0.05, 0.1) is 0 Å². The molecule has 0 bridgehead atoms. The van der Waals surface area contributed by atoms with Crippen LogP contribution in [0.3, 0.4) is 0 Å². The zero-order valence-corrected chi connectivity index (χ0v) is 10.5. The quantitative estimate of drug-likeness (QED) is 0.438. The van der Waals surface area contributed by atoms with Crippen molar-refractivity contribution >= 4 is 7.12 Å². The fraction of sp³-hybridized carbons (Fsp3) is 0.692. The summed E-state index contributed by atoms with van der Waals surface area (Å²) in [6.45, 7) is 5.94. The number of hydrogen-bond acceptors (Lipinski definition) is 2. The summed E-state index contributed by atoms with van der Waals surface area (Å²) in [6, 6.07) is 0. The Morgan fingerprint density at radius 2 is 1.44 bits per heavy atom. The van der Waals surface area contributed by atoms with Crippen molar-refractivity contribution in [2.75, 3.05) is 13.2 Å². The predicted octanol–water partition coefficient (Wildman–Crippen LogP) is 3.60. The van der Waals surface area contributed by atoms with Crippen LogP contribution in [0.5, 0.6) is 0 Å². The highest BCUT2D eigenvalue weighted by atomic mass is 16.6. The van der Waals surface area contributed by atoms with Gasteiger partial charge in [0.15, 0.2) is 0 Å². The van der Waals surface area contributed by atoms with Crippen molar-refractivity contribution in [1.29, 1.82) is 0 Å². The highest BCUT2D eigenvalue weighted by molar-refractivity contribution is 6.48. The van der Waals surface area contributed by atoms with Crippen LogP contribution in [0.25, 0.3) is 0 Å². The van der Waals surface area contributed by atoms with E-state index in [9.17, 15) is 0 Å². The van der Waals surface area contributed by atoms with Gasteiger partial charge < -0.3 is 9.31 Å². The lowest BCUT2D eigenvalue weighted by molar-refractivity contribution is 0.190. The van der Waals surface area contributed by atoms with Gasteiger partial charge in [-0.05, 0) is 12.8 Å². The highest BCUT2D eigenvalue weighted by Crippen LogP contribution is 2.21. The molecule has 0 amide bonds. The lowest BCUT2D eigenvalue weighted by atomic mass is 9.72. The van der Waals surface area contributed by atoms with E-state index < -0.39 is 0 Å². The molecule has 0 radical (unpaired) electrons. The van der Waals surface area contributed by atoms with E-state index in [0.29, 0.717) is 5.82 Å². The molecule has 0 heterocycles. The molecule has 90 valence electrons. The van der Waals surface area contributed by atoms with E-state index in [-0.39, 0.29) is 7.12 Å². The topological polar surface area (TPSA) is 18.5 Å². The molecule has 1 aliphatic carbocycles. The molecule has 0 aliphatic heterocycles. The van der Waals surface area contributed by atoms with E-state index in [1.165, 1.54) is 0 Å². The average molecular weight is 222 g/mol. The first-order valence-electron chi connectivity index (χ1n) is 6.46. The van der Waals surface area contributed by atoms with E-state index in [0.717, 1.165) is 38.9 Å². The molecule has 1 rings (SSSR count). The SMILES string of the molecule is CCCCOB(OCCCC)C1C=CC=C1. The summed E-state index contributed by atoms with van der Waals surface area (Å²) < 4.78 is 11.6. The van der Waals surface area contributed by atoms with Gasteiger partial charge in [0.25, 0.3) is 0 Å². The van der Waals surface area contributed by atoms with Crippen LogP contribution in [0.2, 0.25) is 5.82 Å². The second-order valence-electron chi connectivity index (χ2n) is 4.16. The monoisotopic (exact) mass is 222 g/mol. The minimum Gasteiger partial charge on any atom is -0.411 e. The Balaban J connectivity index is 2.29. The summed E-state index contributed by atoms with van der Waals surface area (Å²) in [5.74, 6) is 0.300. The van der Waals surface area contributed by atoms with E-state index in [2.05, 4.69) is 38.2 Å². The van der Waals surface area contributed by atoms with Gasteiger partial charge in [0.1, 0.15) is 0 Å². The molecule has 16 heavy (non-hydrogen) atoms. The lowest BCUT2D eigenvalue weighted by Gasteiger charge is -2.17. The molecule has 0 aromatic rings. The van der Waals surface area contributed by atoms with Crippen LogP contribution in [0.15, 0.2) is 24.3 Å². The molecule has 1 aliphatic rings. The van der Waals surface area contributed by atoms with Crippen LogP contribution in [0, 0.1) is 0 Å². The second-order valence-corrected chi connectivity index (χ2v) is 4.16. The third kappa shape index (κ3) is 5.00. The first-order valence-corrected chi connectivity index (χ1v) is 6.46. The van der Waals surface area contributed by atoms with Crippen LogP contribution in [0.1, 0.15) is 39.5 Å². The van der Waals surface area contributed by atoms with Gasteiger partial charge in [-0.3, -0.25) is 0 Å². The van der Waals surface area contributed by atoms with Crippen LogP contribution >= 0.6 is 0 Å². The molecule has 0 unspecified atom stereocenters. The van der Waals surface area contributed by atoms with Gasteiger partial charge in [-0.25, -0.2) is 0 Å². The molecule has 0 fully saturated rings. The Morgan fingerprint density at radius 3 is 1.88 bits per heavy atom. The number of hydrogen-bond donors (Lipinski definition) is 0. The smallest absolute Gasteiger partial charge is 0.411 e. The van der Waals surface area contributed by atoms with Gasteiger partial charge in [0, 0.05) is 19.0 Å². The fourth-order valence-electron chi connectivity index (χ4n) is 1.59. The van der Waals surface area contributed by atoms with Crippen LogP contribution in [-0.4, -0.2) is 20.3 Å². The Labute approximate surface area is 99.9 Å². The molecule has 0 aromatic heterocycles. The van der Waals surface area contributed by atoms with Crippen molar-refractivity contribution in [2.24, 2.45) is 0 Å². The molecule has 0 saturated heterocycles. The van der Waals surface area contributed by atoms with E-state index >= 15 is 0 Å². The molecule has 0 spiro atoms. The highest BCUT2D eigenvalue weighted by Gasteiger charge is 2.27. The van der Waals surface area contributed by atoms with Gasteiger partial charge in [0.2, 0.25) is 0 Å². The summed E-state index contributed by atoms with van der Waals surface area (Å²) in [4.78, 5) is 0. The van der Waals surface area contributed by atoms with E-state index in [1.807, 2.05) is 0 Å². The Morgan fingerprint density at radius 1 is 0.938 bits per heavy atom. The summed E-state index contributed by atoms with van der Waals surface area (Å²) in [5.41, 5.74) is 0. The maximum absolute atomic E-state index is 5.79. The Kier molecular flexibility index (Phi) is 7.27. The third-order valence-corrected chi connectivity index (χ3v) is 2.65. The summed E-state index contributed by atoms with van der Waals surface area (Å²) in [7, 11) is -0.0897. The molecule has 0 aromatic carbocycles. The van der Waals surface area contributed by atoms with Crippen molar-refractivity contribution in [3.05, 3.63) is 24.3 Å². The molecule has 0 N–H and O–H groups in total. The normalized spacial score (nSPS) is 14.9. The molecule has 2 nitrogen and oxygen atoms in total. The number of allylic oxidation sites excluding steroid dienone is 4. The minimum atomic E-state index is -0.0897. The summed E-state index contributed by atoms with van der Waals surface area (Å²) >= 11 is 0. The Bertz CT molecular complexity index is 204. The van der Waals surface area contributed by atoms with Gasteiger partial charge in [-0.1, -0.05) is 51.0 Å². The van der Waals surface area contributed by atoms with Crippen molar-refractivity contribution in [2.45, 2.75) is 45.3 Å². The van der Waals surface area contributed by atoms with Crippen molar-refractivity contribution < 1.29 is 9.31 Å². The predicted molar refractivity (Wildman–Crippen MR) is 69.5 cm³/mol. The van der Waals surface area contributed by atoms with Crippen LogP contribution < -0.4 is 0 Å². The maximum atomic E-state index is 5.79. The Hall–Kier alpha value is -0.535. The first-order chi connectivity index (χ1) is 7.88. The summed E-state index contributed by atoms with van der Waals surface area (Å²) in [6.07, 6.45) is 12.9. The standard InChI is InChI=1S/C13H23BO2/c1-3-5-11-15-14(16-12-6-4-2)13-9-7-8-10-13/h7-10,13H,3-6,11-12H2,1-2H3. The van der Waals surface area contributed by atoms with Crippen molar-refractivity contribution in [3.63, 3.8) is 0 Å². The molecule has 0 saturated carbocycles. The fourth-order valence-corrected chi connectivity index (χ4v) is 1.59. The average Bonchev–Trinajstić information content (AvgIpc) is 2.81. The van der Waals surface area contributed by atoms with E-state index in [4.69, 9.17) is 9.31 Å². The zero-order chi connectivity index (χ0) is 11.6. The second kappa shape index (κ2) is 8.60. The summed E-state index contributed by atoms with van der Waals surface area (Å²) in [5, 5.41) is 0. The first kappa shape index (κ1) is 13.5. The van der Waals surface area contributed by atoms with Crippen LogP contribution in [0.4, 0.5) is 0 Å². The van der Waals surface area contributed by atoms with Crippen molar-refractivity contribution in [1.82, 2.24) is 0 Å². The maximum Gasteiger partial charge on any atom is 0.468 e. The largest absolute Gasteiger partial charge is 0.468 e. The lowest BCUT2D eigenvalue weighted by Crippen LogP contribution is -2.28. The number of rotatable bonds is 9. The molecular weight excluding hydrogens is 199 g/mol. The molecular formula is C13H23BO2.